The highest BCUT2D eigenvalue weighted by atomic mass is 28.4. The van der Waals surface area contributed by atoms with Gasteiger partial charge < -0.3 is 19.4 Å². The summed E-state index contributed by atoms with van der Waals surface area (Å²) in [4.78, 5) is 11.4. The molecule has 0 fully saturated rings. The maximum atomic E-state index is 11.4. The summed E-state index contributed by atoms with van der Waals surface area (Å²) in [6, 6.07) is 0. The van der Waals surface area contributed by atoms with Crippen molar-refractivity contribution in [2.24, 2.45) is 5.41 Å². The van der Waals surface area contributed by atoms with Crippen LogP contribution in [-0.4, -0.2) is 49.9 Å². The average molecular weight is 349 g/mol. The van der Waals surface area contributed by atoms with Crippen molar-refractivity contribution in [1.29, 1.82) is 0 Å². The van der Waals surface area contributed by atoms with Crippen LogP contribution in [-0.2, 0) is 14.0 Å². The summed E-state index contributed by atoms with van der Waals surface area (Å²) in [6.45, 7) is 17.1. The van der Waals surface area contributed by atoms with Gasteiger partial charge in [0.1, 0.15) is 0 Å². The molecule has 0 aliphatic carbocycles. The Morgan fingerprint density at radius 1 is 1.13 bits per heavy atom. The Kier molecular flexibility index (Phi) is 8.44. The minimum absolute atomic E-state index is 0.0932. The van der Waals surface area contributed by atoms with E-state index in [0.717, 1.165) is 0 Å². The van der Waals surface area contributed by atoms with Crippen molar-refractivity contribution >= 4 is 14.3 Å². The fourth-order valence-electron chi connectivity index (χ4n) is 1.75. The lowest BCUT2D eigenvalue weighted by molar-refractivity contribution is -0.146. The van der Waals surface area contributed by atoms with E-state index in [1.807, 2.05) is 13.8 Å². The molecule has 2 atom stereocenters. The first-order valence-electron chi connectivity index (χ1n) is 8.38. The van der Waals surface area contributed by atoms with Gasteiger partial charge in [-0.1, -0.05) is 34.6 Å². The van der Waals surface area contributed by atoms with Crippen LogP contribution in [0.5, 0.6) is 0 Å². The number of aliphatic hydroxyl groups excluding tert-OH is 2. The Morgan fingerprint density at radius 3 is 2.09 bits per heavy atom. The summed E-state index contributed by atoms with van der Waals surface area (Å²) in [6.07, 6.45) is -1.62. The average Bonchev–Trinajstić information content (AvgIpc) is 2.35. The van der Waals surface area contributed by atoms with E-state index in [9.17, 15) is 15.0 Å². The Morgan fingerprint density at radius 2 is 1.65 bits per heavy atom. The summed E-state index contributed by atoms with van der Waals surface area (Å²) in [7, 11) is -1.89. The number of rotatable bonds is 9. The molecule has 0 bridgehead atoms. The fourth-order valence-corrected chi connectivity index (χ4v) is 2.92. The molecule has 0 aromatic heterocycles. The first kappa shape index (κ1) is 22.6. The van der Waals surface area contributed by atoms with Gasteiger partial charge in [-0.2, -0.15) is 0 Å². The number of hydrogen-bond donors (Lipinski definition) is 2. The summed E-state index contributed by atoms with van der Waals surface area (Å²) in [5.41, 5.74) is -0.495. The van der Waals surface area contributed by atoms with Gasteiger partial charge in [-0.25, -0.2) is 0 Å². The molecule has 5 nitrogen and oxygen atoms in total. The van der Waals surface area contributed by atoms with E-state index < -0.39 is 31.9 Å². The molecule has 0 amide bonds. The summed E-state index contributed by atoms with van der Waals surface area (Å²) in [5.74, 6) is -0.442. The van der Waals surface area contributed by atoms with Crippen molar-refractivity contribution in [3.63, 3.8) is 0 Å². The van der Waals surface area contributed by atoms with Crippen LogP contribution in [0.15, 0.2) is 0 Å². The van der Waals surface area contributed by atoms with E-state index in [1.165, 1.54) is 0 Å². The van der Waals surface area contributed by atoms with Crippen molar-refractivity contribution in [2.45, 2.75) is 84.7 Å². The summed E-state index contributed by atoms with van der Waals surface area (Å²) < 4.78 is 11.0. The predicted molar refractivity (Wildman–Crippen MR) is 94.8 cm³/mol. The smallest absolute Gasteiger partial charge is 0.308 e. The molecule has 0 radical (unpaired) electrons. The zero-order valence-electron chi connectivity index (χ0n) is 16.1. The van der Waals surface area contributed by atoms with Gasteiger partial charge in [0.2, 0.25) is 0 Å². The van der Waals surface area contributed by atoms with E-state index in [-0.39, 0.29) is 17.9 Å². The number of aliphatic hydroxyl groups is 2. The Balaban J connectivity index is 4.55. The van der Waals surface area contributed by atoms with E-state index in [1.54, 1.807) is 6.92 Å². The van der Waals surface area contributed by atoms with Gasteiger partial charge in [-0.15, -0.1) is 0 Å². The van der Waals surface area contributed by atoms with Crippen LogP contribution in [0.4, 0.5) is 0 Å². The highest BCUT2D eigenvalue weighted by molar-refractivity contribution is 6.74. The first-order chi connectivity index (χ1) is 10.2. The second-order valence-electron chi connectivity index (χ2n) is 8.45. The van der Waals surface area contributed by atoms with Crippen LogP contribution >= 0.6 is 0 Å². The molecule has 0 heterocycles. The Labute approximate surface area is 142 Å². The molecule has 0 spiro atoms. The third-order valence-electron chi connectivity index (χ3n) is 4.72. The molecule has 0 saturated carbocycles. The van der Waals surface area contributed by atoms with Crippen LogP contribution in [0.2, 0.25) is 18.1 Å². The van der Waals surface area contributed by atoms with Crippen molar-refractivity contribution in [1.82, 2.24) is 0 Å². The zero-order valence-corrected chi connectivity index (χ0v) is 17.1. The van der Waals surface area contributed by atoms with Crippen LogP contribution in [0, 0.1) is 5.41 Å². The van der Waals surface area contributed by atoms with Crippen LogP contribution in [0.3, 0.4) is 0 Å². The lowest BCUT2D eigenvalue weighted by atomic mass is 9.84. The van der Waals surface area contributed by atoms with Gasteiger partial charge in [0.15, 0.2) is 8.32 Å². The highest BCUT2D eigenvalue weighted by Crippen LogP contribution is 2.38. The topological polar surface area (TPSA) is 76.0 Å². The van der Waals surface area contributed by atoms with Crippen LogP contribution in [0.1, 0.15) is 54.4 Å². The number of carbonyl (C=O) groups is 1. The standard InChI is InChI=1S/C17H36O5Si/c1-9-21-15(20)11-13(18)10-14(19)17(5,6)12-22-23(7,8)16(2,3)4/h13-14,18-19H,9-12H2,1-8H3/t13-,14-/m1/s1. The molecular weight excluding hydrogens is 312 g/mol. The van der Waals surface area contributed by atoms with Gasteiger partial charge >= 0.3 is 5.97 Å². The van der Waals surface area contributed by atoms with Gasteiger partial charge in [-0.3, -0.25) is 4.79 Å². The lowest BCUT2D eigenvalue weighted by Gasteiger charge is -2.40. The van der Waals surface area contributed by atoms with Crippen molar-refractivity contribution in [3.8, 4) is 0 Å². The summed E-state index contributed by atoms with van der Waals surface area (Å²) >= 11 is 0. The van der Waals surface area contributed by atoms with Crippen molar-refractivity contribution in [2.75, 3.05) is 13.2 Å². The molecule has 0 aromatic rings. The number of carbonyl (C=O) groups excluding carboxylic acids is 1. The minimum atomic E-state index is -1.89. The summed E-state index contributed by atoms with van der Waals surface area (Å²) in [5, 5.41) is 20.5. The number of ether oxygens (including phenoxy) is 1. The maximum absolute atomic E-state index is 11.4. The molecule has 138 valence electrons. The fraction of sp³-hybridized carbons (Fsp3) is 0.941. The van der Waals surface area contributed by atoms with E-state index in [4.69, 9.17) is 9.16 Å². The molecule has 2 N–H and O–H groups in total. The monoisotopic (exact) mass is 348 g/mol. The Bertz CT molecular complexity index is 374. The molecule has 0 rings (SSSR count). The SMILES string of the molecule is CCOC(=O)C[C@H](O)C[C@@H](O)C(C)(C)CO[Si](C)(C)C(C)(C)C. The van der Waals surface area contributed by atoms with E-state index >= 15 is 0 Å². The molecule has 23 heavy (non-hydrogen) atoms. The largest absolute Gasteiger partial charge is 0.466 e. The molecule has 0 saturated heterocycles. The Hall–Kier alpha value is -0.433. The molecule has 6 heteroatoms. The van der Waals surface area contributed by atoms with Gasteiger partial charge in [0, 0.05) is 18.4 Å². The van der Waals surface area contributed by atoms with Crippen molar-refractivity contribution < 1.29 is 24.2 Å². The second-order valence-corrected chi connectivity index (χ2v) is 13.3. The third kappa shape index (κ3) is 7.79. The number of hydrogen-bond acceptors (Lipinski definition) is 5. The predicted octanol–water partition coefficient (Wildman–Crippen LogP) is 3.10. The van der Waals surface area contributed by atoms with Gasteiger partial charge in [0.25, 0.3) is 0 Å². The molecular formula is C17H36O5Si. The molecule has 0 unspecified atom stereocenters. The highest BCUT2D eigenvalue weighted by Gasteiger charge is 2.40. The second kappa shape index (κ2) is 8.60. The van der Waals surface area contributed by atoms with Crippen LogP contribution < -0.4 is 0 Å². The lowest BCUT2D eigenvalue weighted by Crippen LogP contribution is -2.46. The van der Waals surface area contributed by atoms with Gasteiger partial charge in [-0.05, 0) is 25.1 Å². The third-order valence-corrected chi connectivity index (χ3v) is 9.19. The normalized spacial score (nSPS) is 16.1. The molecule has 0 aliphatic heterocycles. The quantitative estimate of drug-likeness (QED) is 0.494. The minimum Gasteiger partial charge on any atom is -0.466 e. The van der Waals surface area contributed by atoms with Crippen molar-refractivity contribution in [3.05, 3.63) is 0 Å². The van der Waals surface area contributed by atoms with E-state index in [2.05, 4.69) is 33.9 Å². The molecule has 0 aromatic carbocycles. The zero-order chi connectivity index (χ0) is 18.5. The number of esters is 1. The van der Waals surface area contributed by atoms with E-state index in [0.29, 0.717) is 13.2 Å². The first-order valence-corrected chi connectivity index (χ1v) is 11.3. The van der Waals surface area contributed by atoms with Crippen LogP contribution in [0.25, 0.3) is 0 Å². The maximum Gasteiger partial charge on any atom is 0.308 e. The molecule has 0 aliphatic rings. The van der Waals surface area contributed by atoms with Gasteiger partial charge in [0.05, 0.1) is 25.2 Å².